The summed E-state index contributed by atoms with van der Waals surface area (Å²) in [5.74, 6) is -0.432. The lowest BCUT2D eigenvalue weighted by atomic mass is 9.92. The van der Waals surface area contributed by atoms with Crippen molar-refractivity contribution in [2.75, 3.05) is 13.2 Å². The Morgan fingerprint density at radius 3 is 2.44 bits per heavy atom. The molecule has 1 aliphatic heterocycles. The first-order chi connectivity index (χ1) is 15.3. The first-order valence-corrected chi connectivity index (χ1v) is 11.0. The fraction of sp³-hybridized carbons (Fsp3) is 0.333. The van der Waals surface area contributed by atoms with Gasteiger partial charge in [-0.25, -0.2) is 0 Å². The second-order valence-corrected chi connectivity index (χ2v) is 8.39. The molecule has 0 spiro atoms. The van der Waals surface area contributed by atoms with Gasteiger partial charge >= 0.3 is 0 Å². The molecule has 3 rings (SSSR count). The number of aliphatic hydroxyl groups is 1. The molecule has 1 N–H and O–H groups in total. The lowest BCUT2D eigenvalue weighted by Crippen LogP contribution is -2.29. The monoisotopic (exact) mass is 433 g/mol. The number of hydrogen-bond acceptors (Lipinski definition) is 4. The largest absolute Gasteiger partial charge is 0.507 e. The summed E-state index contributed by atoms with van der Waals surface area (Å²) in [4.78, 5) is 27.3. The van der Waals surface area contributed by atoms with E-state index in [0.29, 0.717) is 23.8 Å². The molecule has 5 nitrogen and oxygen atoms in total. The van der Waals surface area contributed by atoms with Crippen molar-refractivity contribution in [3.05, 3.63) is 82.9 Å². The van der Waals surface area contributed by atoms with Gasteiger partial charge in [-0.15, -0.1) is 6.58 Å². The molecule has 0 saturated carbocycles. The van der Waals surface area contributed by atoms with E-state index < -0.39 is 17.7 Å². The highest BCUT2D eigenvalue weighted by Crippen LogP contribution is 2.40. The number of aryl methyl sites for hydroxylation is 1. The van der Waals surface area contributed by atoms with Crippen molar-refractivity contribution in [1.29, 1.82) is 0 Å². The summed E-state index contributed by atoms with van der Waals surface area (Å²) < 4.78 is 5.67. The summed E-state index contributed by atoms with van der Waals surface area (Å²) in [5, 5.41) is 11.2. The molecule has 168 valence electrons. The topological polar surface area (TPSA) is 66.8 Å². The molecule has 1 amide bonds. The number of Topliss-reactive ketones (excluding diaryl/α,β-unsaturated/α-hetero) is 1. The SMILES string of the molecule is C=CCN1C(=O)C(=O)C(=C(O)c2ccc(OCCC)cc2C)[C@H]1c1ccc(C(C)C)cc1. The molecule has 32 heavy (non-hydrogen) atoms. The van der Waals surface area contributed by atoms with Crippen LogP contribution in [-0.4, -0.2) is 34.8 Å². The summed E-state index contributed by atoms with van der Waals surface area (Å²) >= 11 is 0. The predicted molar refractivity (Wildman–Crippen MR) is 127 cm³/mol. The molecule has 0 aliphatic carbocycles. The molecule has 1 saturated heterocycles. The number of aliphatic hydroxyl groups excluding tert-OH is 1. The zero-order chi connectivity index (χ0) is 23.4. The van der Waals surface area contributed by atoms with Crippen LogP contribution in [0.1, 0.15) is 61.4 Å². The molecule has 2 aromatic rings. The molecule has 1 atom stereocenters. The minimum absolute atomic E-state index is 0.0967. The van der Waals surface area contributed by atoms with Gasteiger partial charge in [0.2, 0.25) is 0 Å². The van der Waals surface area contributed by atoms with Crippen molar-refractivity contribution in [2.45, 2.75) is 46.1 Å². The van der Waals surface area contributed by atoms with Gasteiger partial charge in [0.25, 0.3) is 11.7 Å². The van der Waals surface area contributed by atoms with Crippen molar-refractivity contribution in [3.63, 3.8) is 0 Å². The van der Waals surface area contributed by atoms with Crippen LogP contribution in [0.4, 0.5) is 0 Å². The number of nitrogens with zero attached hydrogens (tertiary/aromatic N) is 1. The molecular weight excluding hydrogens is 402 g/mol. The molecule has 1 fully saturated rings. The maximum absolute atomic E-state index is 13.0. The number of likely N-dealkylation sites (tertiary alicyclic amines) is 1. The van der Waals surface area contributed by atoms with E-state index >= 15 is 0 Å². The van der Waals surface area contributed by atoms with E-state index in [1.165, 1.54) is 4.90 Å². The Morgan fingerprint density at radius 1 is 1.19 bits per heavy atom. The lowest BCUT2D eigenvalue weighted by molar-refractivity contribution is -0.139. The van der Waals surface area contributed by atoms with Gasteiger partial charge < -0.3 is 14.7 Å². The van der Waals surface area contributed by atoms with Gasteiger partial charge in [0.15, 0.2) is 0 Å². The first kappa shape index (κ1) is 23.3. The Kier molecular flexibility index (Phi) is 7.18. The van der Waals surface area contributed by atoms with E-state index in [1.54, 1.807) is 18.2 Å². The third-order valence-electron chi connectivity index (χ3n) is 5.71. The molecule has 0 bridgehead atoms. The maximum Gasteiger partial charge on any atom is 0.295 e. The summed E-state index contributed by atoms with van der Waals surface area (Å²) in [5.41, 5.74) is 3.30. The minimum atomic E-state index is -0.687. The maximum atomic E-state index is 13.0. The number of ether oxygens (including phenoxy) is 1. The van der Waals surface area contributed by atoms with Crippen molar-refractivity contribution in [2.24, 2.45) is 0 Å². The first-order valence-electron chi connectivity index (χ1n) is 11.0. The standard InChI is InChI=1S/C27H31NO4/c1-6-14-28-24(20-10-8-19(9-11-20)17(3)4)23(26(30)27(28)31)25(29)22-13-12-21(16-18(22)5)32-15-7-2/h6,8-13,16-17,24,29H,1,7,14-15H2,2-5H3/t24-/m1/s1. The zero-order valence-corrected chi connectivity index (χ0v) is 19.2. The molecule has 1 aliphatic rings. The number of carbonyl (C=O) groups excluding carboxylic acids is 2. The van der Waals surface area contributed by atoms with E-state index in [9.17, 15) is 14.7 Å². The average Bonchev–Trinajstić information content (AvgIpc) is 3.02. The van der Waals surface area contributed by atoms with Gasteiger partial charge in [-0.1, -0.05) is 51.1 Å². The van der Waals surface area contributed by atoms with E-state index in [0.717, 1.165) is 23.1 Å². The Balaban J connectivity index is 2.12. The molecule has 1 heterocycles. The average molecular weight is 434 g/mol. The number of carbonyl (C=O) groups is 2. The van der Waals surface area contributed by atoms with Crippen molar-refractivity contribution < 1.29 is 19.4 Å². The summed E-state index contributed by atoms with van der Waals surface area (Å²) in [7, 11) is 0. The predicted octanol–water partition coefficient (Wildman–Crippen LogP) is 5.51. The second-order valence-electron chi connectivity index (χ2n) is 8.39. The van der Waals surface area contributed by atoms with E-state index in [4.69, 9.17) is 4.74 Å². The van der Waals surface area contributed by atoms with Crippen LogP contribution in [0.3, 0.4) is 0 Å². The number of ketones is 1. The van der Waals surface area contributed by atoms with E-state index in [-0.39, 0.29) is 17.9 Å². The Morgan fingerprint density at radius 2 is 1.88 bits per heavy atom. The molecule has 5 heteroatoms. The quantitative estimate of drug-likeness (QED) is 0.258. The Bertz CT molecular complexity index is 1050. The van der Waals surface area contributed by atoms with Crippen LogP contribution in [0.5, 0.6) is 5.75 Å². The zero-order valence-electron chi connectivity index (χ0n) is 19.2. The van der Waals surface area contributed by atoms with Crippen LogP contribution in [0.25, 0.3) is 5.76 Å². The van der Waals surface area contributed by atoms with Crippen LogP contribution in [0.15, 0.2) is 60.7 Å². The highest BCUT2D eigenvalue weighted by Gasteiger charge is 2.45. The third-order valence-corrected chi connectivity index (χ3v) is 5.71. The second kappa shape index (κ2) is 9.86. The number of benzene rings is 2. The van der Waals surface area contributed by atoms with Crippen molar-refractivity contribution in [3.8, 4) is 5.75 Å². The van der Waals surface area contributed by atoms with Crippen molar-refractivity contribution >= 4 is 17.4 Å². The normalized spacial score (nSPS) is 17.8. The molecule has 0 aromatic heterocycles. The minimum Gasteiger partial charge on any atom is -0.507 e. The summed E-state index contributed by atoms with van der Waals surface area (Å²) in [6.45, 7) is 12.6. The Hall–Kier alpha value is -3.34. The number of hydrogen-bond donors (Lipinski definition) is 1. The third kappa shape index (κ3) is 4.47. The highest BCUT2D eigenvalue weighted by atomic mass is 16.5. The van der Waals surface area contributed by atoms with Crippen LogP contribution in [-0.2, 0) is 9.59 Å². The molecule has 2 aromatic carbocycles. The van der Waals surface area contributed by atoms with Gasteiger partial charge in [0, 0.05) is 12.1 Å². The Labute approximate surface area is 190 Å². The van der Waals surface area contributed by atoms with E-state index in [2.05, 4.69) is 20.4 Å². The van der Waals surface area contributed by atoms with Crippen LogP contribution in [0.2, 0.25) is 0 Å². The summed E-state index contributed by atoms with van der Waals surface area (Å²) in [6.07, 6.45) is 2.48. The number of amides is 1. The molecular formula is C27H31NO4. The smallest absolute Gasteiger partial charge is 0.295 e. The fourth-order valence-electron chi connectivity index (χ4n) is 3.97. The summed E-state index contributed by atoms with van der Waals surface area (Å²) in [6, 6.07) is 12.5. The van der Waals surface area contributed by atoms with Crippen LogP contribution >= 0.6 is 0 Å². The number of rotatable bonds is 8. The van der Waals surface area contributed by atoms with Gasteiger partial charge in [0.1, 0.15) is 11.5 Å². The van der Waals surface area contributed by atoms with Gasteiger partial charge in [0.05, 0.1) is 18.2 Å². The molecule has 0 radical (unpaired) electrons. The molecule has 0 unspecified atom stereocenters. The van der Waals surface area contributed by atoms with E-state index in [1.807, 2.05) is 44.2 Å². The highest BCUT2D eigenvalue weighted by molar-refractivity contribution is 6.46. The fourth-order valence-corrected chi connectivity index (χ4v) is 3.97. The van der Waals surface area contributed by atoms with Crippen LogP contribution < -0.4 is 4.74 Å². The van der Waals surface area contributed by atoms with Gasteiger partial charge in [-0.05, 0) is 54.2 Å². The van der Waals surface area contributed by atoms with Gasteiger partial charge in [-0.3, -0.25) is 9.59 Å². The lowest BCUT2D eigenvalue weighted by Gasteiger charge is -2.24. The van der Waals surface area contributed by atoms with Crippen molar-refractivity contribution in [1.82, 2.24) is 4.90 Å². The van der Waals surface area contributed by atoms with Crippen LogP contribution in [0, 0.1) is 6.92 Å². The van der Waals surface area contributed by atoms with Gasteiger partial charge in [-0.2, -0.15) is 0 Å².